The highest BCUT2D eigenvalue weighted by Crippen LogP contribution is 2.61. The summed E-state index contributed by atoms with van der Waals surface area (Å²) in [5.74, 6) is -1.72. The number of halogens is 2. The SMILES string of the molecule is COc1cccc([C@H]2[C@H](C(=O)c3ccc(Cl)cc3)N3c4ccc(F)cc4C=CC3C23C(=O)c2ccccc2C3=O)c1. The van der Waals surface area contributed by atoms with Crippen LogP contribution in [0.25, 0.3) is 6.08 Å². The molecule has 4 aromatic carbocycles. The predicted molar refractivity (Wildman–Crippen MR) is 155 cm³/mol. The van der Waals surface area contributed by atoms with E-state index in [0.29, 0.717) is 44.3 Å². The molecule has 202 valence electrons. The Bertz CT molecular complexity index is 1760. The van der Waals surface area contributed by atoms with Crippen molar-refractivity contribution in [2.75, 3.05) is 12.0 Å². The lowest BCUT2D eigenvalue weighted by atomic mass is 9.64. The van der Waals surface area contributed by atoms with Gasteiger partial charge in [-0.3, -0.25) is 14.4 Å². The van der Waals surface area contributed by atoms with Crippen molar-refractivity contribution in [3.63, 3.8) is 0 Å². The lowest BCUT2D eigenvalue weighted by Crippen LogP contribution is -2.48. The fourth-order valence-electron chi connectivity index (χ4n) is 6.94. The van der Waals surface area contributed by atoms with Crippen molar-refractivity contribution in [1.29, 1.82) is 0 Å². The molecule has 1 fully saturated rings. The topological polar surface area (TPSA) is 63.7 Å². The highest BCUT2D eigenvalue weighted by Gasteiger charge is 2.71. The number of benzene rings is 4. The van der Waals surface area contributed by atoms with Gasteiger partial charge in [0.15, 0.2) is 17.3 Å². The number of hydrogen-bond donors (Lipinski definition) is 0. The van der Waals surface area contributed by atoms with Crippen LogP contribution in [0.5, 0.6) is 5.75 Å². The second-order valence-corrected chi connectivity index (χ2v) is 11.0. The molecule has 7 heteroatoms. The van der Waals surface area contributed by atoms with Crippen molar-refractivity contribution in [3.05, 3.63) is 136 Å². The zero-order chi connectivity index (χ0) is 28.5. The van der Waals surface area contributed by atoms with E-state index in [1.807, 2.05) is 11.0 Å². The molecule has 1 saturated heterocycles. The molecule has 1 spiro atoms. The van der Waals surface area contributed by atoms with Gasteiger partial charge in [-0.05, 0) is 60.2 Å². The Balaban J connectivity index is 1.55. The highest BCUT2D eigenvalue weighted by atomic mass is 35.5. The van der Waals surface area contributed by atoms with Gasteiger partial charge in [-0.1, -0.05) is 60.2 Å². The van der Waals surface area contributed by atoms with Crippen molar-refractivity contribution in [1.82, 2.24) is 0 Å². The summed E-state index contributed by atoms with van der Waals surface area (Å²) in [5.41, 5.74) is 1.17. The van der Waals surface area contributed by atoms with Crippen molar-refractivity contribution >= 4 is 40.7 Å². The van der Waals surface area contributed by atoms with Crippen LogP contribution in [0.3, 0.4) is 0 Å². The Morgan fingerprint density at radius 1 is 0.902 bits per heavy atom. The third kappa shape index (κ3) is 3.50. The summed E-state index contributed by atoms with van der Waals surface area (Å²) in [6, 6.07) is 23.1. The monoisotopic (exact) mass is 563 g/mol. The van der Waals surface area contributed by atoms with Gasteiger partial charge in [0.25, 0.3) is 0 Å². The molecule has 2 heterocycles. The Hall–Kier alpha value is -4.55. The van der Waals surface area contributed by atoms with E-state index >= 15 is 0 Å². The molecule has 4 aromatic rings. The summed E-state index contributed by atoms with van der Waals surface area (Å²) in [5, 5.41) is 0.477. The number of hydrogen-bond acceptors (Lipinski definition) is 5. The summed E-state index contributed by atoms with van der Waals surface area (Å²) < 4.78 is 19.9. The van der Waals surface area contributed by atoms with E-state index in [-0.39, 0.29) is 17.3 Å². The van der Waals surface area contributed by atoms with Crippen LogP contribution in [-0.4, -0.2) is 36.5 Å². The largest absolute Gasteiger partial charge is 0.497 e. The van der Waals surface area contributed by atoms with Gasteiger partial charge in [-0.15, -0.1) is 0 Å². The fraction of sp³-hybridized carbons (Fsp3) is 0.147. The van der Waals surface area contributed by atoms with Crippen LogP contribution >= 0.6 is 11.6 Å². The first kappa shape index (κ1) is 25.4. The molecule has 5 nitrogen and oxygen atoms in total. The molecule has 0 aromatic heterocycles. The molecule has 2 aliphatic heterocycles. The first-order chi connectivity index (χ1) is 19.9. The lowest BCUT2D eigenvalue weighted by molar-refractivity contribution is 0.0665. The van der Waals surface area contributed by atoms with Gasteiger partial charge < -0.3 is 9.64 Å². The van der Waals surface area contributed by atoms with E-state index in [2.05, 4.69) is 0 Å². The van der Waals surface area contributed by atoms with Crippen LogP contribution in [-0.2, 0) is 0 Å². The van der Waals surface area contributed by atoms with Gasteiger partial charge >= 0.3 is 0 Å². The number of anilines is 1. The molecule has 0 saturated carbocycles. The van der Waals surface area contributed by atoms with E-state index in [1.54, 1.807) is 92.1 Å². The number of carbonyl (C=O) groups is 3. The summed E-state index contributed by atoms with van der Waals surface area (Å²) in [7, 11) is 1.54. The molecule has 0 radical (unpaired) electrons. The first-order valence-electron chi connectivity index (χ1n) is 13.2. The number of fused-ring (bicyclic) bond motifs is 5. The maximum absolute atomic E-state index is 14.6. The number of carbonyl (C=O) groups excluding carboxylic acids is 3. The summed E-state index contributed by atoms with van der Waals surface area (Å²) in [4.78, 5) is 45.7. The molecule has 0 N–H and O–H groups in total. The van der Waals surface area contributed by atoms with Crippen LogP contribution in [0.1, 0.15) is 48.1 Å². The average molecular weight is 564 g/mol. The average Bonchev–Trinajstić information content (AvgIpc) is 3.43. The number of Topliss-reactive ketones (excluding diaryl/α,β-unsaturated/α-hetero) is 3. The second kappa shape index (κ2) is 9.25. The maximum atomic E-state index is 14.6. The number of nitrogens with zero attached hydrogens (tertiary/aromatic N) is 1. The number of ketones is 3. The molecule has 41 heavy (non-hydrogen) atoms. The van der Waals surface area contributed by atoms with Crippen LogP contribution in [0.4, 0.5) is 10.1 Å². The van der Waals surface area contributed by atoms with Crippen LogP contribution < -0.4 is 9.64 Å². The van der Waals surface area contributed by atoms with Gasteiger partial charge in [0, 0.05) is 38.9 Å². The molecule has 0 bridgehead atoms. The van der Waals surface area contributed by atoms with E-state index in [4.69, 9.17) is 16.3 Å². The number of ether oxygens (including phenoxy) is 1. The van der Waals surface area contributed by atoms with Gasteiger partial charge in [0.2, 0.25) is 0 Å². The van der Waals surface area contributed by atoms with E-state index in [9.17, 15) is 18.8 Å². The van der Waals surface area contributed by atoms with Crippen LogP contribution in [0, 0.1) is 11.2 Å². The molecule has 3 atom stereocenters. The van der Waals surface area contributed by atoms with Crippen LogP contribution in [0.15, 0.2) is 97.1 Å². The molecular weight excluding hydrogens is 541 g/mol. The zero-order valence-electron chi connectivity index (χ0n) is 21.9. The quantitative estimate of drug-likeness (QED) is 0.202. The molecule has 0 amide bonds. The van der Waals surface area contributed by atoms with Gasteiger partial charge in [-0.25, -0.2) is 4.39 Å². The number of methoxy groups -OCH3 is 1. The minimum absolute atomic E-state index is 0.279. The van der Waals surface area contributed by atoms with Crippen molar-refractivity contribution in [2.24, 2.45) is 5.41 Å². The number of rotatable bonds is 4. The van der Waals surface area contributed by atoms with E-state index in [0.717, 1.165) is 0 Å². The zero-order valence-corrected chi connectivity index (χ0v) is 22.6. The normalized spacial score (nSPS) is 21.5. The van der Waals surface area contributed by atoms with Crippen LogP contribution in [0.2, 0.25) is 5.02 Å². The van der Waals surface area contributed by atoms with Crippen molar-refractivity contribution in [3.8, 4) is 5.75 Å². The molecular formula is C34H23ClFNO4. The summed E-state index contributed by atoms with van der Waals surface area (Å²) >= 11 is 6.15. The maximum Gasteiger partial charge on any atom is 0.185 e. The molecule has 3 aliphatic rings. The smallest absolute Gasteiger partial charge is 0.185 e. The Kier molecular flexibility index (Phi) is 5.73. The highest BCUT2D eigenvalue weighted by molar-refractivity contribution is 6.32. The summed E-state index contributed by atoms with van der Waals surface area (Å²) in [6.45, 7) is 0. The Morgan fingerprint density at radius 2 is 1.61 bits per heavy atom. The molecule has 1 aliphatic carbocycles. The Morgan fingerprint density at radius 3 is 2.29 bits per heavy atom. The Labute approximate surface area is 240 Å². The predicted octanol–water partition coefficient (Wildman–Crippen LogP) is 6.80. The third-order valence-electron chi connectivity index (χ3n) is 8.62. The van der Waals surface area contributed by atoms with Gasteiger partial charge in [0.05, 0.1) is 13.2 Å². The van der Waals surface area contributed by atoms with Gasteiger partial charge in [-0.2, -0.15) is 0 Å². The van der Waals surface area contributed by atoms with Crippen molar-refractivity contribution < 1.29 is 23.5 Å². The van der Waals surface area contributed by atoms with E-state index in [1.165, 1.54) is 12.1 Å². The standard InChI is InChI=1S/C34H23ClFNO4/c1-41-24-6-4-5-21(18-24)29-30(31(38)19-9-12-22(35)13-10-19)37-27-15-14-23(36)17-20(27)11-16-28(37)34(29)32(39)25-7-2-3-8-26(25)33(34)40/h2-18,28-30H,1H3/t28?,29-,30+/m0/s1. The molecule has 7 rings (SSSR count). The van der Waals surface area contributed by atoms with Gasteiger partial charge in [0.1, 0.15) is 23.0 Å². The van der Waals surface area contributed by atoms with Crippen molar-refractivity contribution in [2.45, 2.75) is 18.0 Å². The minimum atomic E-state index is -1.65. The fourth-order valence-corrected chi connectivity index (χ4v) is 7.07. The minimum Gasteiger partial charge on any atom is -0.497 e. The second-order valence-electron chi connectivity index (χ2n) is 10.6. The third-order valence-corrected chi connectivity index (χ3v) is 8.87. The molecule has 1 unspecified atom stereocenters. The first-order valence-corrected chi connectivity index (χ1v) is 13.6. The lowest BCUT2D eigenvalue weighted by Gasteiger charge is -2.37. The van der Waals surface area contributed by atoms with E-state index < -0.39 is 29.2 Å². The summed E-state index contributed by atoms with van der Waals surface area (Å²) in [6.07, 6.45) is 3.51.